The second kappa shape index (κ2) is 13.9. The predicted molar refractivity (Wildman–Crippen MR) is 136 cm³/mol. The SMILES string of the molecule is CCOC(=O)C(Cc1ccc(OCCON=C(C)c2ccc(-c3ccccn3)cc2)cc1)OCC. The molecule has 1 aromatic heterocycles. The lowest BCUT2D eigenvalue weighted by atomic mass is 10.1. The Morgan fingerprint density at radius 2 is 1.71 bits per heavy atom. The van der Waals surface area contributed by atoms with Gasteiger partial charge < -0.3 is 19.0 Å². The monoisotopic (exact) mass is 476 g/mol. The number of ether oxygens (including phenoxy) is 3. The summed E-state index contributed by atoms with van der Waals surface area (Å²) in [7, 11) is 0. The second-order valence-corrected chi connectivity index (χ2v) is 7.69. The normalized spacial score (nSPS) is 12.1. The van der Waals surface area contributed by atoms with E-state index in [-0.39, 0.29) is 5.97 Å². The summed E-state index contributed by atoms with van der Waals surface area (Å²) in [5.41, 5.74) is 4.72. The van der Waals surface area contributed by atoms with Crippen LogP contribution in [-0.2, 0) is 25.5 Å². The second-order valence-electron chi connectivity index (χ2n) is 7.69. The van der Waals surface area contributed by atoms with Crippen LogP contribution in [0, 0.1) is 0 Å². The molecule has 0 amide bonds. The largest absolute Gasteiger partial charge is 0.490 e. The molecule has 1 heterocycles. The number of nitrogens with zero attached hydrogens (tertiary/aromatic N) is 2. The van der Waals surface area contributed by atoms with Crippen LogP contribution in [0.4, 0.5) is 0 Å². The van der Waals surface area contributed by atoms with Crippen molar-refractivity contribution >= 4 is 11.7 Å². The molecule has 7 nitrogen and oxygen atoms in total. The van der Waals surface area contributed by atoms with Crippen LogP contribution in [0.15, 0.2) is 78.1 Å². The molecule has 0 aliphatic rings. The van der Waals surface area contributed by atoms with Crippen molar-refractivity contribution in [2.45, 2.75) is 33.3 Å². The van der Waals surface area contributed by atoms with Crippen molar-refractivity contribution in [2.75, 3.05) is 26.4 Å². The molecule has 0 bridgehead atoms. The summed E-state index contributed by atoms with van der Waals surface area (Å²) in [6, 6.07) is 21.5. The number of benzene rings is 2. The Kier molecular flexibility index (Phi) is 10.3. The summed E-state index contributed by atoms with van der Waals surface area (Å²) < 4.78 is 16.3. The average molecular weight is 477 g/mol. The Morgan fingerprint density at radius 3 is 2.37 bits per heavy atom. The summed E-state index contributed by atoms with van der Waals surface area (Å²) in [4.78, 5) is 21.8. The molecule has 3 aromatic rings. The quantitative estimate of drug-likeness (QED) is 0.148. The summed E-state index contributed by atoms with van der Waals surface area (Å²) in [5, 5.41) is 4.19. The molecule has 1 atom stereocenters. The van der Waals surface area contributed by atoms with E-state index in [4.69, 9.17) is 19.0 Å². The van der Waals surface area contributed by atoms with E-state index < -0.39 is 6.10 Å². The molecule has 0 fully saturated rings. The molecule has 0 spiro atoms. The maximum absolute atomic E-state index is 12.0. The highest BCUT2D eigenvalue weighted by molar-refractivity contribution is 5.98. The van der Waals surface area contributed by atoms with Crippen LogP contribution in [-0.4, -0.2) is 49.2 Å². The van der Waals surface area contributed by atoms with E-state index in [0.29, 0.717) is 38.6 Å². The third kappa shape index (κ3) is 8.22. The number of oxime groups is 1. The molecule has 184 valence electrons. The number of carbonyl (C=O) groups excluding carboxylic acids is 1. The van der Waals surface area contributed by atoms with Crippen molar-refractivity contribution in [1.29, 1.82) is 0 Å². The highest BCUT2D eigenvalue weighted by atomic mass is 16.6. The first-order valence-electron chi connectivity index (χ1n) is 11.8. The molecule has 2 aromatic carbocycles. The summed E-state index contributed by atoms with van der Waals surface area (Å²) in [6.45, 7) is 7.00. The van der Waals surface area contributed by atoms with Crippen molar-refractivity contribution < 1.29 is 23.8 Å². The van der Waals surface area contributed by atoms with Gasteiger partial charge in [-0.3, -0.25) is 4.98 Å². The zero-order chi connectivity index (χ0) is 24.9. The number of esters is 1. The lowest BCUT2D eigenvalue weighted by Crippen LogP contribution is -2.28. The van der Waals surface area contributed by atoms with Crippen LogP contribution in [0.2, 0.25) is 0 Å². The lowest BCUT2D eigenvalue weighted by Gasteiger charge is -2.15. The van der Waals surface area contributed by atoms with Gasteiger partial charge in [0.15, 0.2) is 12.7 Å². The van der Waals surface area contributed by atoms with Gasteiger partial charge in [-0.1, -0.05) is 47.6 Å². The first-order chi connectivity index (χ1) is 17.1. The van der Waals surface area contributed by atoms with Crippen LogP contribution >= 0.6 is 0 Å². The van der Waals surface area contributed by atoms with E-state index in [0.717, 1.165) is 28.1 Å². The van der Waals surface area contributed by atoms with E-state index in [1.165, 1.54) is 0 Å². The van der Waals surface area contributed by atoms with Crippen LogP contribution in [0.5, 0.6) is 5.75 Å². The molecule has 7 heteroatoms. The number of rotatable bonds is 13. The molecular weight excluding hydrogens is 444 g/mol. The third-order valence-corrected chi connectivity index (χ3v) is 5.17. The van der Waals surface area contributed by atoms with Gasteiger partial charge in [-0.2, -0.15) is 0 Å². The minimum Gasteiger partial charge on any atom is -0.490 e. The Balaban J connectivity index is 1.42. The van der Waals surface area contributed by atoms with Gasteiger partial charge >= 0.3 is 5.97 Å². The van der Waals surface area contributed by atoms with E-state index in [9.17, 15) is 4.79 Å². The van der Waals surface area contributed by atoms with Gasteiger partial charge in [0, 0.05) is 24.8 Å². The van der Waals surface area contributed by atoms with E-state index in [1.807, 2.05) is 80.6 Å². The molecule has 0 aliphatic heterocycles. The summed E-state index contributed by atoms with van der Waals surface area (Å²) in [5.74, 6) is 0.374. The average Bonchev–Trinajstić information content (AvgIpc) is 2.90. The van der Waals surface area contributed by atoms with Crippen molar-refractivity contribution in [3.8, 4) is 17.0 Å². The molecule has 0 radical (unpaired) electrons. The van der Waals surface area contributed by atoms with Crippen LogP contribution in [0.3, 0.4) is 0 Å². The van der Waals surface area contributed by atoms with Gasteiger partial charge in [0.25, 0.3) is 0 Å². The minimum absolute atomic E-state index is 0.320. The Hall–Kier alpha value is -3.71. The Labute approximate surface area is 206 Å². The standard InChI is InChI=1S/C28H32N2O5/c1-4-32-27(28(31)33-5-2)20-22-9-15-25(16-10-22)34-18-19-35-30-21(3)23-11-13-24(14-12-23)26-8-6-7-17-29-26/h6-17,27H,4-5,18-20H2,1-3H3. The fourth-order valence-electron chi connectivity index (χ4n) is 3.39. The van der Waals surface area contributed by atoms with Crippen molar-refractivity contribution in [1.82, 2.24) is 4.98 Å². The van der Waals surface area contributed by atoms with Gasteiger partial charge in [0.1, 0.15) is 12.4 Å². The first-order valence-corrected chi connectivity index (χ1v) is 11.8. The number of hydrogen-bond acceptors (Lipinski definition) is 7. The molecule has 0 aliphatic carbocycles. The summed E-state index contributed by atoms with van der Waals surface area (Å²) in [6.07, 6.45) is 1.63. The lowest BCUT2D eigenvalue weighted by molar-refractivity contribution is -0.156. The summed E-state index contributed by atoms with van der Waals surface area (Å²) >= 11 is 0. The predicted octanol–water partition coefficient (Wildman–Crippen LogP) is 5.08. The first kappa shape index (κ1) is 25.9. The van der Waals surface area contributed by atoms with Crippen molar-refractivity contribution in [2.24, 2.45) is 5.16 Å². The van der Waals surface area contributed by atoms with Crippen LogP contribution < -0.4 is 4.74 Å². The van der Waals surface area contributed by atoms with Crippen LogP contribution in [0.25, 0.3) is 11.3 Å². The number of hydrogen-bond donors (Lipinski definition) is 0. The maximum Gasteiger partial charge on any atom is 0.335 e. The number of carbonyl (C=O) groups is 1. The highest BCUT2D eigenvalue weighted by Crippen LogP contribution is 2.18. The van der Waals surface area contributed by atoms with E-state index in [1.54, 1.807) is 13.1 Å². The Bertz CT molecular complexity index is 1070. The van der Waals surface area contributed by atoms with Crippen molar-refractivity contribution in [3.63, 3.8) is 0 Å². The zero-order valence-electron chi connectivity index (χ0n) is 20.5. The highest BCUT2D eigenvalue weighted by Gasteiger charge is 2.20. The molecule has 1 unspecified atom stereocenters. The topological polar surface area (TPSA) is 79.2 Å². The zero-order valence-corrected chi connectivity index (χ0v) is 20.5. The third-order valence-electron chi connectivity index (χ3n) is 5.17. The fraction of sp³-hybridized carbons (Fsp3) is 0.321. The van der Waals surface area contributed by atoms with Gasteiger partial charge in [-0.05, 0) is 56.2 Å². The number of pyridine rings is 1. The van der Waals surface area contributed by atoms with Crippen LogP contribution in [0.1, 0.15) is 31.9 Å². The maximum atomic E-state index is 12.0. The smallest absolute Gasteiger partial charge is 0.335 e. The molecule has 0 saturated heterocycles. The van der Waals surface area contributed by atoms with E-state index in [2.05, 4.69) is 10.1 Å². The Morgan fingerprint density at radius 1 is 0.943 bits per heavy atom. The minimum atomic E-state index is -0.604. The molecular formula is C28H32N2O5. The van der Waals surface area contributed by atoms with Crippen molar-refractivity contribution in [3.05, 3.63) is 84.1 Å². The van der Waals surface area contributed by atoms with Gasteiger partial charge in [0.05, 0.1) is 18.0 Å². The molecule has 3 rings (SSSR count). The number of aromatic nitrogens is 1. The fourth-order valence-corrected chi connectivity index (χ4v) is 3.39. The molecule has 0 N–H and O–H groups in total. The van der Waals surface area contributed by atoms with Gasteiger partial charge in [-0.25, -0.2) is 4.79 Å². The van der Waals surface area contributed by atoms with Gasteiger partial charge in [-0.15, -0.1) is 0 Å². The molecule has 0 saturated carbocycles. The molecule has 35 heavy (non-hydrogen) atoms. The van der Waals surface area contributed by atoms with E-state index >= 15 is 0 Å². The van der Waals surface area contributed by atoms with Gasteiger partial charge in [0.2, 0.25) is 0 Å².